The zero-order valence-electron chi connectivity index (χ0n) is 24.7. The van der Waals surface area contributed by atoms with Gasteiger partial charge in [0.25, 0.3) is 5.91 Å². The Bertz CT molecular complexity index is 1260. The van der Waals surface area contributed by atoms with Gasteiger partial charge in [-0.1, -0.05) is 69.3 Å². The summed E-state index contributed by atoms with van der Waals surface area (Å²) >= 11 is 0. The Morgan fingerprint density at radius 2 is 1.82 bits per heavy atom. The fourth-order valence-electron chi connectivity index (χ4n) is 4.48. The lowest BCUT2D eigenvalue weighted by Crippen LogP contribution is -2.35. The summed E-state index contributed by atoms with van der Waals surface area (Å²) in [4.78, 5) is 18.9. The average Bonchev–Trinajstić information content (AvgIpc) is 2.95. The maximum absolute atomic E-state index is 12.8. The summed E-state index contributed by atoms with van der Waals surface area (Å²) in [5.74, 6) is 0.249. The van der Waals surface area contributed by atoms with Crippen LogP contribution in [0.4, 0.5) is 5.69 Å². The maximum atomic E-state index is 12.8. The van der Waals surface area contributed by atoms with Crippen LogP contribution in [0.3, 0.4) is 0 Å². The first kappa shape index (κ1) is 30.8. The van der Waals surface area contributed by atoms with Gasteiger partial charge in [-0.3, -0.25) is 20.1 Å². The van der Waals surface area contributed by atoms with Crippen molar-refractivity contribution in [3.8, 4) is 11.3 Å². The lowest BCUT2D eigenvalue weighted by Gasteiger charge is -2.20. The number of rotatable bonds is 13. The number of aryl methyl sites for hydroxylation is 2. The molecule has 2 N–H and O–H groups in total. The third kappa shape index (κ3) is 9.45. The lowest BCUT2D eigenvalue weighted by molar-refractivity contribution is -0.122. The number of likely N-dealkylation sites (N-methyl/N-ethyl adjacent to an activating group) is 1. The average molecular weight is 541 g/mol. The van der Waals surface area contributed by atoms with E-state index in [0.717, 1.165) is 42.6 Å². The minimum atomic E-state index is -0.118. The Hall–Kier alpha value is -3.77. The molecule has 3 rings (SSSR count). The molecule has 0 saturated heterocycles. The number of methoxy groups -OCH3 is 1. The SMILES string of the molecule is CCN(C(=N)CCCc1cccc(-c2ccc(NCOC)cn2)c1)C(=O)/C=C/CCc1ccc(C(C)(C)C)cc1. The number of benzene rings is 2. The molecule has 0 unspecified atom stereocenters. The van der Waals surface area contributed by atoms with Crippen LogP contribution in [0.2, 0.25) is 0 Å². The van der Waals surface area contributed by atoms with Gasteiger partial charge in [0.05, 0.1) is 17.6 Å². The number of allylic oxidation sites excluding steroid dienone is 1. The van der Waals surface area contributed by atoms with Crippen LogP contribution in [-0.2, 0) is 27.8 Å². The van der Waals surface area contributed by atoms with E-state index >= 15 is 0 Å². The topological polar surface area (TPSA) is 78.3 Å². The second kappa shape index (κ2) is 15.1. The van der Waals surface area contributed by atoms with Crippen molar-refractivity contribution in [2.75, 3.05) is 25.7 Å². The summed E-state index contributed by atoms with van der Waals surface area (Å²) in [5.41, 5.74) is 6.82. The monoisotopic (exact) mass is 540 g/mol. The van der Waals surface area contributed by atoms with E-state index in [2.05, 4.69) is 73.5 Å². The van der Waals surface area contributed by atoms with Crippen molar-refractivity contribution in [1.29, 1.82) is 5.41 Å². The summed E-state index contributed by atoms with van der Waals surface area (Å²) in [6, 6.07) is 21.1. The molecule has 0 aliphatic rings. The zero-order chi connectivity index (χ0) is 29.0. The molecule has 0 spiro atoms. The van der Waals surface area contributed by atoms with Crippen LogP contribution in [0.5, 0.6) is 0 Å². The summed E-state index contributed by atoms with van der Waals surface area (Å²) < 4.78 is 5.03. The summed E-state index contributed by atoms with van der Waals surface area (Å²) in [6.45, 7) is 9.50. The Labute approximate surface area is 240 Å². The zero-order valence-corrected chi connectivity index (χ0v) is 24.7. The van der Waals surface area contributed by atoms with Gasteiger partial charge in [0, 0.05) is 25.6 Å². The van der Waals surface area contributed by atoms with Crippen molar-refractivity contribution >= 4 is 17.4 Å². The van der Waals surface area contributed by atoms with Gasteiger partial charge < -0.3 is 10.1 Å². The molecule has 40 heavy (non-hydrogen) atoms. The Morgan fingerprint density at radius 1 is 1.05 bits per heavy atom. The van der Waals surface area contributed by atoms with E-state index in [1.54, 1.807) is 24.3 Å². The van der Waals surface area contributed by atoms with Crippen LogP contribution in [0, 0.1) is 5.41 Å². The summed E-state index contributed by atoms with van der Waals surface area (Å²) in [5, 5.41) is 11.7. The van der Waals surface area contributed by atoms with Crippen LogP contribution in [-0.4, -0.2) is 42.0 Å². The first-order valence-corrected chi connectivity index (χ1v) is 14.1. The largest absolute Gasteiger partial charge is 0.365 e. The van der Waals surface area contributed by atoms with Crippen LogP contribution < -0.4 is 5.32 Å². The minimum absolute atomic E-state index is 0.118. The van der Waals surface area contributed by atoms with Gasteiger partial charge in [-0.15, -0.1) is 0 Å². The molecule has 0 radical (unpaired) electrons. The number of anilines is 1. The van der Waals surface area contributed by atoms with Crippen molar-refractivity contribution in [2.24, 2.45) is 0 Å². The Morgan fingerprint density at radius 3 is 2.48 bits per heavy atom. The molecule has 0 atom stereocenters. The highest BCUT2D eigenvalue weighted by Crippen LogP contribution is 2.23. The highest BCUT2D eigenvalue weighted by Gasteiger charge is 2.14. The van der Waals surface area contributed by atoms with E-state index in [1.807, 2.05) is 31.2 Å². The Balaban J connectivity index is 1.46. The predicted octanol–water partition coefficient (Wildman–Crippen LogP) is 7.40. The van der Waals surface area contributed by atoms with Gasteiger partial charge in [-0.25, -0.2) is 0 Å². The van der Waals surface area contributed by atoms with Crippen molar-refractivity contribution in [3.63, 3.8) is 0 Å². The van der Waals surface area contributed by atoms with Crippen molar-refractivity contribution < 1.29 is 9.53 Å². The van der Waals surface area contributed by atoms with Crippen LogP contribution in [0.1, 0.15) is 63.6 Å². The standard InChI is InChI=1S/C34H44N4O2/c1-6-38(33(39)16-8-7-11-26-17-19-29(20-18-26)34(2,3)4)32(35)15-10-13-27-12-9-14-28(23-27)31-22-21-30(24-36-31)37-25-40-5/h8-9,12,14,16-24,35,37H,6-7,10-11,13,15,25H2,1-5H3/b16-8+,35-32?. The normalized spacial score (nSPS) is 11.5. The molecule has 1 aromatic heterocycles. The Kier molecular flexibility index (Phi) is 11.6. The molecule has 0 aliphatic carbocycles. The number of ether oxygens (including phenoxy) is 1. The van der Waals surface area contributed by atoms with E-state index in [-0.39, 0.29) is 11.3 Å². The number of pyridine rings is 1. The molecule has 6 nitrogen and oxygen atoms in total. The van der Waals surface area contributed by atoms with Crippen LogP contribution >= 0.6 is 0 Å². The predicted molar refractivity (Wildman–Crippen MR) is 166 cm³/mol. The minimum Gasteiger partial charge on any atom is -0.365 e. The molecule has 1 amide bonds. The molecule has 0 saturated carbocycles. The molecule has 3 aromatic rings. The van der Waals surface area contributed by atoms with E-state index in [0.29, 0.717) is 25.5 Å². The number of hydrogen-bond donors (Lipinski definition) is 2. The highest BCUT2D eigenvalue weighted by atomic mass is 16.5. The lowest BCUT2D eigenvalue weighted by atomic mass is 9.86. The van der Waals surface area contributed by atoms with Crippen molar-refractivity contribution in [1.82, 2.24) is 9.88 Å². The number of amides is 1. The molecule has 0 fully saturated rings. The number of carbonyl (C=O) groups is 1. The van der Waals surface area contributed by atoms with Gasteiger partial charge in [0.2, 0.25) is 0 Å². The summed E-state index contributed by atoms with van der Waals surface area (Å²) in [7, 11) is 1.65. The second-order valence-corrected chi connectivity index (χ2v) is 11.0. The highest BCUT2D eigenvalue weighted by molar-refractivity contribution is 6.01. The molecule has 6 heteroatoms. The third-order valence-corrected chi connectivity index (χ3v) is 6.87. The molecule has 1 heterocycles. The van der Waals surface area contributed by atoms with Crippen molar-refractivity contribution in [2.45, 2.75) is 65.2 Å². The first-order valence-electron chi connectivity index (χ1n) is 14.1. The van der Waals surface area contributed by atoms with E-state index in [4.69, 9.17) is 10.1 Å². The van der Waals surface area contributed by atoms with Crippen LogP contribution in [0.25, 0.3) is 11.3 Å². The molecule has 2 aromatic carbocycles. The van der Waals surface area contributed by atoms with E-state index in [1.165, 1.54) is 16.7 Å². The number of carbonyl (C=O) groups excluding carboxylic acids is 1. The quantitative estimate of drug-likeness (QED) is 0.102. The number of nitrogens with one attached hydrogen (secondary N) is 2. The van der Waals surface area contributed by atoms with Crippen molar-refractivity contribution in [3.05, 3.63) is 95.7 Å². The first-order chi connectivity index (χ1) is 19.2. The number of hydrogen-bond acceptors (Lipinski definition) is 5. The molecule has 0 bridgehead atoms. The number of nitrogens with zero attached hydrogens (tertiary/aromatic N) is 2. The smallest absolute Gasteiger partial charge is 0.251 e. The molecular weight excluding hydrogens is 496 g/mol. The fourth-order valence-corrected chi connectivity index (χ4v) is 4.48. The van der Waals surface area contributed by atoms with Gasteiger partial charge in [0.15, 0.2) is 0 Å². The third-order valence-electron chi connectivity index (χ3n) is 6.87. The van der Waals surface area contributed by atoms with Gasteiger partial charge in [0.1, 0.15) is 12.6 Å². The molecule has 212 valence electrons. The summed E-state index contributed by atoms with van der Waals surface area (Å²) in [6.07, 6.45) is 9.22. The van der Waals surface area contributed by atoms with E-state index < -0.39 is 0 Å². The number of amidine groups is 1. The maximum Gasteiger partial charge on any atom is 0.251 e. The van der Waals surface area contributed by atoms with Gasteiger partial charge in [-0.05, 0) is 79.0 Å². The second-order valence-electron chi connectivity index (χ2n) is 11.0. The van der Waals surface area contributed by atoms with Gasteiger partial charge in [-0.2, -0.15) is 0 Å². The number of aromatic nitrogens is 1. The van der Waals surface area contributed by atoms with Gasteiger partial charge >= 0.3 is 0 Å². The molecule has 0 aliphatic heterocycles. The molecular formula is C34H44N4O2. The van der Waals surface area contributed by atoms with Crippen LogP contribution in [0.15, 0.2) is 79.0 Å². The van der Waals surface area contributed by atoms with E-state index in [9.17, 15) is 4.79 Å². The fraction of sp³-hybridized carbons (Fsp3) is 0.382.